The third-order valence-electron chi connectivity index (χ3n) is 4.52. The Labute approximate surface area is 117 Å². The van der Waals surface area contributed by atoms with Crippen LogP contribution >= 0.6 is 0 Å². The fourth-order valence-corrected chi connectivity index (χ4v) is 3.52. The number of nitrogens with zero attached hydrogens (tertiary/aromatic N) is 1. The zero-order valence-corrected chi connectivity index (χ0v) is 11.5. The van der Waals surface area contributed by atoms with Crippen molar-refractivity contribution in [2.75, 3.05) is 6.54 Å². The van der Waals surface area contributed by atoms with Gasteiger partial charge >= 0.3 is 6.18 Å². The highest BCUT2D eigenvalue weighted by Gasteiger charge is 2.39. The van der Waals surface area contributed by atoms with Crippen LogP contribution in [0.15, 0.2) is 0 Å². The molecule has 3 unspecified atom stereocenters. The Morgan fingerprint density at radius 1 is 1.15 bits per heavy atom. The largest absolute Gasteiger partial charge is 0.393 e. The minimum Gasteiger partial charge on any atom is -0.393 e. The van der Waals surface area contributed by atoms with E-state index in [0.29, 0.717) is 6.54 Å². The number of aliphatic hydroxyl groups excluding tert-OH is 1. The maximum atomic E-state index is 12.2. The zero-order valence-electron chi connectivity index (χ0n) is 11.5. The summed E-state index contributed by atoms with van der Waals surface area (Å²) in [5.41, 5.74) is 0. The summed E-state index contributed by atoms with van der Waals surface area (Å²) in [4.78, 5) is 13.7. The standard InChI is InChI=1S/C14H22F3NO2/c15-14(16,17)8-7-13(20)18-9-2-1-5-11(18)10-4-3-6-12(10)19/h10-12,19H,1-9H2. The predicted molar refractivity (Wildman–Crippen MR) is 68.0 cm³/mol. The van der Waals surface area contributed by atoms with Gasteiger partial charge < -0.3 is 10.0 Å². The Morgan fingerprint density at radius 3 is 2.50 bits per heavy atom. The summed E-state index contributed by atoms with van der Waals surface area (Å²) in [5.74, 6) is -0.365. The van der Waals surface area contributed by atoms with Gasteiger partial charge in [-0.05, 0) is 32.1 Å². The molecule has 0 aromatic heterocycles. The molecule has 0 bridgehead atoms. The van der Waals surface area contributed by atoms with Crippen LogP contribution in [-0.2, 0) is 4.79 Å². The first-order chi connectivity index (χ1) is 9.38. The van der Waals surface area contributed by atoms with Gasteiger partial charge in [0.05, 0.1) is 12.5 Å². The molecule has 1 amide bonds. The molecule has 2 fully saturated rings. The van der Waals surface area contributed by atoms with E-state index in [1.165, 1.54) is 0 Å². The van der Waals surface area contributed by atoms with Gasteiger partial charge in [-0.1, -0.05) is 6.42 Å². The number of likely N-dealkylation sites (tertiary alicyclic amines) is 1. The summed E-state index contributed by atoms with van der Waals surface area (Å²) in [6.45, 7) is 0.532. The van der Waals surface area contributed by atoms with Crippen molar-refractivity contribution in [3.05, 3.63) is 0 Å². The Bertz CT molecular complexity index is 346. The molecule has 2 aliphatic rings. The minimum atomic E-state index is -4.28. The van der Waals surface area contributed by atoms with Crippen molar-refractivity contribution in [2.24, 2.45) is 5.92 Å². The number of amides is 1. The Balaban J connectivity index is 1.97. The van der Waals surface area contributed by atoms with Gasteiger partial charge in [0, 0.05) is 24.9 Å². The highest BCUT2D eigenvalue weighted by Crippen LogP contribution is 2.35. The van der Waals surface area contributed by atoms with Crippen molar-refractivity contribution in [1.82, 2.24) is 4.90 Å². The Kier molecular flexibility index (Phi) is 4.94. The van der Waals surface area contributed by atoms with Crippen molar-refractivity contribution in [3.63, 3.8) is 0 Å². The second-order valence-corrected chi connectivity index (χ2v) is 5.93. The summed E-state index contributed by atoms with van der Waals surface area (Å²) in [6, 6.07) is -0.0676. The first-order valence-electron chi connectivity index (χ1n) is 7.43. The molecule has 0 aromatic rings. The summed E-state index contributed by atoms with van der Waals surface area (Å²) in [7, 11) is 0. The molecule has 1 saturated carbocycles. The number of rotatable bonds is 3. The van der Waals surface area contributed by atoms with E-state index in [-0.39, 0.29) is 12.0 Å². The highest BCUT2D eigenvalue weighted by atomic mass is 19.4. The smallest absolute Gasteiger partial charge is 0.389 e. The second kappa shape index (κ2) is 6.33. The minimum absolute atomic E-state index is 0.0464. The molecule has 0 aromatic carbocycles. The van der Waals surface area contributed by atoms with E-state index >= 15 is 0 Å². The van der Waals surface area contributed by atoms with Crippen molar-refractivity contribution in [3.8, 4) is 0 Å². The molecular formula is C14H22F3NO2. The lowest BCUT2D eigenvalue weighted by atomic mass is 9.87. The number of halogens is 3. The molecular weight excluding hydrogens is 271 g/mol. The molecule has 1 aliphatic carbocycles. The second-order valence-electron chi connectivity index (χ2n) is 5.93. The van der Waals surface area contributed by atoms with Crippen molar-refractivity contribution < 1.29 is 23.1 Å². The zero-order chi connectivity index (χ0) is 14.8. The lowest BCUT2D eigenvalue weighted by Gasteiger charge is -2.40. The van der Waals surface area contributed by atoms with Crippen LogP contribution in [0.2, 0.25) is 0 Å². The van der Waals surface area contributed by atoms with Crippen LogP contribution < -0.4 is 0 Å². The summed E-state index contributed by atoms with van der Waals surface area (Å²) < 4.78 is 36.7. The molecule has 1 aliphatic heterocycles. The summed E-state index contributed by atoms with van der Waals surface area (Å²) in [6.07, 6.45) is -1.03. The average Bonchev–Trinajstić information content (AvgIpc) is 2.81. The van der Waals surface area contributed by atoms with Crippen LogP contribution in [0, 0.1) is 5.92 Å². The number of carbonyl (C=O) groups excluding carboxylic acids is 1. The van der Waals surface area contributed by atoms with Gasteiger partial charge in [0.15, 0.2) is 0 Å². The lowest BCUT2D eigenvalue weighted by molar-refractivity contribution is -0.152. The van der Waals surface area contributed by atoms with E-state index in [4.69, 9.17) is 0 Å². The van der Waals surface area contributed by atoms with Crippen molar-refractivity contribution >= 4 is 5.91 Å². The fraction of sp³-hybridized carbons (Fsp3) is 0.929. The average molecular weight is 293 g/mol. The molecule has 0 spiro atoms. The van der Waals surface area contributed by atoms with Crippen molar-refractivity contribution in [1.29, 1.82) is 0 Å². The number of alkyl halides is 3. The number of carbonyl (C=O) groups is 1. The third kappa shape index (κ3) is 3.87. The maximum absolute atomic E-state index is 12.2. The van der Waals surface area contributed by atoms with Crippen LogP contribution in [-0.4, -0.2) is 40.8 Å². The van der Waals surface area contributed by atoms with Crippen LogP contribution in [0.4, 0.5) is 13.2 Å². The van der Waals surface area contributed by atoms with E-state index in [0.717, 1.165) is 38.5 Å². The number of aliphatic hydroxyl groups is 1. The third-order valence-corrected chi connectivity index (χ3v) is 4.52. The normalized spacial score (nSPS) is 31.6. The molecule has 3 atom stereocenters. The summed E-state index contributed by atoms with van der Waals surface area (Å²) >= 11 is 0. The van der Waals surface area contributed by atoms with Crippen molar-refractivity contribution in [2.45, 2.75) is 69.7 Å². The Hall–Kier alpha value is -0.780. The highest BCUT2D eigenvalue weighted by molar-refractivity contribution is 5.76. The maximum Gasteiger partial charge on any atom is 0.389 e. The van der Waals surface area contributed by atoms with Gasteiger partial charge in [-0.3, -0.25) is 4.79 Å². The number of hydrogen-bond acceptors (Lipinski definition) is 2. The molecule has 20 heavy (non-hydrogen) atoms. The predicted octanol–water partition coefficient (Wildman–Crippen LogP) is 2.87. The van der Waals surface area contributed by atoms with Gasteiger partial charge in [-0.15, -0.1) is 0 Å². The van der Waals surface area contributed by atoms with Crippen LogP contribution in [0.5, 0.6) is 0 Å². The molecule has 1 saturated heterocycles. The lowest BCUT2D eigenvalue weighted by Crippen LogP contribution is -2.49. The van der Waals surface area contributed by atoms with E-state index in [9.17, 15) is 23.1 Å². The molecule has 2 rings (SSSR count). The summed E-state index contributed by atoms with van der Waals surface area (Å²) in [5, 5.41) is 9.98. The van der Waals surface area contributed by atoms with Crippen LogP contribution in [0.1, 0.15) is 51.4 Å². The van der Waals surface area contributed by atoms with Crippen LogP contribution in [0.3, 0.4) is 0 Å². The molecule has 1 N–H and O–H groups in total. The van der Waals surface area contributed by atoms with E-state index < -0.39 is 31.0 Å². The van der Waals surface area contributed by atoms with Crippen LogP contribution in [0.25, 0.3) is 0 Å². The molecule has 6 heteroatoms. The first-order valence-corrected chi connectivity index (χ1v) is 7.43. The SMILES string of the molecule is O=C(CCC(F)(F)F)N1CCCCC1C1CCCC1O. The molecule has 116 valence electrons. The molecule has 3 nitrogen and oxygen atoms in total. The monoisotopic (exact) mass is 293 g/mol. The van der Waals surface area contributed by atoms with Gasteiger partial charge in [0.2, 0.25) is 5.91 Å². The topological polar surface area (TPSA) is 40.5 Å². The fourth-order valence-electron chi connectivity index (χ4n) is 3.52. The quantitative estimate of drug-likeness (QED) is 0.869. The number of piperidine rings is 1. The first kappa shape index (κ1) is 15.6. The van der Waals surface area contributed by atoms with E-state index in [1.807, 2.05) is 0 Å². The van der Waals surface area contributed by atoms with Gasteiger partial charge in [-0.2, -0.15) is 13.2 Å². The van der Waals surface area contributed by atoms with Gasteiger partial charge in [0.1, 0.15) is 0 Å². The number of hydrogen-bond donors (Lipinski definition) is 1. The Morgan fingerprint density at radius 2 is 1.90 bits per heavy atom. The molecule has 1 heterocycles. The van der Waals surface area contributed by atoms with E-state index in [1.54, 1.807) is 4.90 Å². The van der Waals surface area contributed by atoms with E-state index in [2.05, 4.69) is 0 Å². The van der Waals surface area contributed by atoms with Gasteiger partial charge in [0.25, 0.3) is 0 Å². The molecule has 0 radical (unpaired) electrons. The van der Waals surface area contributed by atoms with Gasteiger partial charge in [-0.25, -0.2) is 0 Å².